The maximum Gasteiger partial charge on any atom is 0.491 e. The summed E-state index contributed by atoms with van der Waals surface area (Å²) in [5, 5.41) is 9.50. The molecule has 1 aromatic carbocycles. The van der Waals surface area contributed by atoms with Gasteiger partial charge in [0.25, 0.3) is 0 Å². The molecule has 2 rings (SSSR count). The van der Waals surface area contributed by atoms with Crippen molar-refractivity contribution in [3.63, 3.8) is 0 Å². The molecule has 1 N–H and O–H groups in total. The summed E-state index contributed by atoms with van der Waals surface area (Å²) in [6.45, 7) is -0.126. The lowest BCUT2D eigenvalue weighted by Crippen LogP contribution is -2.29. The fourth-order valence-electron chi connectivity index (χ4n) is 1.61. The maximum absolute atomic E-state index is 11.6. The average molecular weight is 250 g/mol. The smallest absolute Gasteiger partial charge is 0.466 e. The molecule has 7 heteroatoms. The van der Waals surface area contributed by atoms with Gasteiger partial charge in [0.05, 0.1) is 19.3 Å². The number of benzene rings is 1. The molecule has 0 fully saturated rings. The lowest BCUT2D eigenvalue weighted by Gasteiger charge is -2.05. The summed E-state index contributed by atoms with van der Waals surface area (Å²) in [5.41, 5.74) is 1.62. The van der Waals surface area contributed by atoms with Crippen molar-refractivity contribution in [1.29, 1.82) is 0 Å². The molecule has 1 heterocycles. The molecule has 0 radical (unpaired) electrons. The Morgan fingerprint density at radius 3 is 3.00 bits per heavy atom. The largest absolute Gasteiger partial charge is 0.491 e. The van der Waals surface area contributed by atoms with Crippen LogP contribution >= 0.6 is 0 Å². The van der Waals surface area contributed by atoms with Gasteiger partial charge in [-0.05, 0) is 23.2 Å². The second-order valence-electron chi connectivity index (χ2n) is 3.73. The van der Waals surface area contributed by atoms with Crippen molar-refractivity contribution in [3.05, 3.63) is 29.3 Å². The fourth-order valence-corrected chi connectivity index (χ4v) is 1.61. The van der Waals surface area contributed by atoms with E-state index in [9.17, 15) is 14.6 Å². The van der Waals surface area contributed by atoms with Crippen molar-refractivity contribution in [1.82, 2.24) is 0 Å². The highest BCUT2D eigenvalue weighted by atomic mass is 16.6. The van der Waals surface area contributed by atoms with E-state index in [1.54, 1.807) is 12.1 Å². The topological polar surface area (TPSA) is 82.1 Å². The van der Waals surface area contributed by atoms with E-state index >= 15 is 0 Å². The van der Waals surface area contributed by atoms with Crippen molar-refractivity contribution in [2.45, 2.75) is 6.61 Å². The Morgan fingerprint density at radius 2 is 2.28 bits per heavy atom. The van der Waals surface area contributed by atoms with Crippen LogP contribution < -0.4 is 5.46 Å². The number of methoxy groups -OCH3 is 1. The molecule has 0 unspecified atom stereocenters. The first-order chi connectivity index (χ1) is 8.61. The zero-order valence-electron chi connectivity index (χ0n) is 9.71. The van der Waals surface area contributed by atoms with Gasteiger partial charge in [-0.15, -0.1) is 0 Å². The van der Waals surface area contributed by atoms with Crippen LogP contribution in [0.25, 0.3) is 0 Å². The molecule has 94 valence electrons. The molecule has 1 aromatic rings. The molecule has 6 nitrogen and oxygen atoms in total. The van der Waals surface area contributed by atoms with Crippen molar-refractivity contribution >= 4 is 24.5 Å². The zero-order valence-corrected chi connectivity index (χ0v) is 9.71. The normalized spacial score (nSPS) is 13.1. The number of esters is 2. The average Bonchev–Trinajstić information content (AvgIpc) is 2.76. The third kappa shape index (κ3) is 2.52. The monoisotopic (exact) mass is 250 g/mol. The van der Waals surface area contributed by atoms with Gasteiger partial charge in [0.1, 0.15) is 0 Å². The molecule has 0 amide bonds. The number of hydrogen-bond donors (Lipinski definition) is 1. The molecule has 0 aromatic heterocycles. The van der Waals surface area contributed by atoms with E-state index in [2.05, 4.69) is 4.74 Å². The lowest BCUT2D eigenvalue weighted by atomic mass is 9.79. The van der Waals surface area contributed by atoms with Crippen LogP contribution in [0.1, 0.15) is 15.9 Å². The van der Waals surface area contributed by atoms with E-state index in [4.69, 9.17) is 9.39 Å². The van der Waals surface area contributed by atoms with Gasteiger partial charge >= 0.3 is 19.1 Å². The van der Waals surface area contributed by atoms with Gasteiger partial charge in [-0.25, -0.2) is 9.59 Å². The molecular weight excluding hydrogens is 239 g/mol. The molecule has 0 atom stereocenters. The second kappa shape index (κ2) is 5.20. The molecule has 0 bridgehead atoms. The van der Waals surface area contributed by atoms with Crippen molar-refractivity contribution in [2.24, 2.45) is 0 Å². The SMILES string of the molecule is COC(=O)COC(=O)c1ccc2c(c1)B(O)OC2. The minimum absolute atomic E-state index is 0.252. The fraction of sp³-hybridized carbons (Fsp3) is 0.273. The molecule has 0 aliphatic carbocycles. The van der Waals surface area contributed by atoms with E-state index in [1.807, 2.05) is 0 Å². The van der Waals surface area contributed by atoms with Gasteiger partial charge in [-0.3, -0.25) is 0 Å². The molecule has 0 saturated carbocycles. The maximum atomic E-state index is 11.6. The van der Waals surface area contributed by atoms with Crippen LogP contribution in [-0.2, 0) is 25.5 Å². The van der Waals surface area contributed by atoms with E-state index in [0.29, 0.717) is 12.1 Å². The summed E-state index contributed by atoms with van der Waals surface area (Å²) in [7, 11) is 0.188. The highest BCUT2D eigenvalue weighted by molar-refractivity contribution is 6.61. The summed E-state index contributed by atoms with van der Waals surface area (Å²) < 4.78 is 14.1. The Bertz CT molecular complexity index is 486. The predicted molar refractivity (Wildman–Crippen MR) is 61.1 cm³/mol. The highest BCUT2D eigenvalue weighted by Gasteiger charge is 2.28. The second-order valence-corrected chi connectivity index (χ2v) is 3.73. The number of fused-ring (bicyclic) bond motifs is 1. The Kier molecular flexibility index (Phi) is 3.64. The van der Waals surface area contributed by atoms with Crippen LogP contribution in [0.2, 0.25) is 0 Å². The minimum atomic E-state index is -1.02. The summed E-state index contributed by atoms with van der Waals surface area (Å²) in [4.78, 5) is 22.4. The van der Waals surface area contributed by atoms with E-state index in [-0.39, 0.29) is 5.56 Å². The van der Waals surface area contributed by atoms with Crippen LogP contribution in [-0.4, -0.2) is 37.8 Å². The molecule has 1 aliphatic heterocycles. The first kappa shape index (κ1) is 12.6. The van der Waals surface area contributed by atoms with Crippen LogP contribution in [0.3, 0.4) is 0 Å². The highest BCUT2D eigenvalue weighted by Crippen LogP contribution is 2.12. The first-order valence-electron chi connectivity index (χ1n) is 5.28. The predicted octanol–water partition coefficient (Wildman–Crippen LogP) is -0.766. The Hall–Kier alpha value is -1.86. The van der Waals surface area contributed by atoms with Gasteiger partial charge in [-0.2, -0.15) is 0 Å². The van der Waals surface area contributed by atoms with Crippen molar-refractivity contribution in [3.8, 4) is 0 Å². The molecule has 1 aliphatic rings. The van der Waals surface area contributed by atoms with Crippen molar-refractivity contribution < 1.29 is 28.7 Å². The van der Waals surface area contributed by atoms with Gasteiger partial charge in [0.2, 0.25) is 0 Å². The van der Waals surface area contributed by atoms with E-state index in [0.717, 1.165) is 5.56 Å². The Labute approximate surface area is 104 Å². The Balaban J connectivity index is 2.07. The minimum Gasteiger partial charge on any atom is -0.466 e. The zero-order chi connectivity index (χ0) is 13.1. The third-order valence-corrected chi connectivity index (χ3v) is 2.59. The van der Waals surface area contributed by atoms with Gasteiger partial charge in [-0.1, -0.05) is 6.07 Å². The Morgan fingerprint density at radius 1 is 1.50 bits per heavy atom. The third-order valence-electron chi connectivity index (χ3n) is 2.59. The van der Waals surface area contributed by atoms with Gasteiger partial charge in [0, 0.05) is 0 Å². The molecule has 18 heavy (non-hydrogen) atoms. The van der Waals surface area contributed by atoms with Gasteiger partial charge < -0.3 is 19.2 Å². The van der Waals surface area contributed by atoms with Crippen LogP contribution in [0.5, 0.6) is 0 Å². The van der Waals surface area contributed by atoms with Crippen LogP contribution in [0.4, 0.5) is 0 Å². The van der Waals surface area contributed by atoms with E-state index in [1.165, 1.54) is 13.2 Å². The number of carbonyl (C=O) groups is 2. The summed E-state index contributed by atoms with van der Waals surface area (Å²) >= 11 is 0. The van der Waals surface area contributed by atoms with Crippen molar-refractivity contribution in [2.75, 3.05) is 13.7 Å². The number of rotatable bonds is 3. The van der Waals surface area contributed by atoms with Gasteiger partial charge in [0.15, 0.2) is 6.61 Å². The standard InChI is InChI=1S/C11H11BO6/c1-16-10(13)6-17-11(14)7-2-3-8-5-18-12(15)9(8)4-7/h2-4,15H,5-6H2,1H3. The number of carbonyl (C=O) groups excluding carboxylic acids is 2. The van der Waals surface area contributed by atoms with Crippen LogP contribution in [0.15, 0.2) is 18.2 Å². The van der Waals surface area contributed by atoms with E-state index < -0.39 is 25.7 Å². The van der Waals surface area contributed by atoms with Crippen LogP contribution in [0, 0.1) is 0 Å². The summed E-state index contributed by atoms with van der Waals surface area (Å²) in [6, 6.07) is 4.73. The summed E-state index contributed by atoms with van der Waals surface area (Å²) in [5.74, 6) is -1.28. The molecule has 0 saturated heterocycles. The quantitative estimate of drug-likeness (QED) is 0.560. The summed E-state index contributed by atoms with van der Waals surface area (Å²) in [6.07, 6.45) is 0. The molecule has 0 spiro atoms. The molecular formula is C11H11BO6. The number of ether oxygens (including phenoxy) is 2. The lowest BCUT2D eigenvalue weighted by molar-refractivity contribution is -0.144. The first-order valence-corrected chi connectivity index (χ1v) is 5.28. The number of hydrogen-bond acceptors (Lipinski definition) is 6.